The number of rotatable bonds is 4. The maximum absolute atomic E-state index is 6.21. The zero-order chi connectivity index (χ0) is 14.1. The number of hydrogen-bond donors (Lipinski definition) is 1. The van der Waals surface area contributed by atoms with Gasteiger partial charge in [-0.3, -0.25) is 9.80 Å². The predicted octanol–water partition coefficient (Wildman–Crippen LogP) is 2.88. The van der Waals surface area contributed by atoms with Crippen LogP contribution in [0.15, 0.2) is 22.7 Å². The van der Waals surface area contributed by atoms with E-state index in [1.807, 2.05) is 12.1 Å². The molecule has 1 aliphatic carbocycles. The van der Waals surface area contributed by atoms with Crippen molar-refractivity contribution in [1.82, 2.24) is 9.80 Å². The zero-order valence-corrected chi connectivity index (χ0v) is 13.9. The summed E-state index contributed by atoms with van der Waals surface area (Å²) in [6, 6.07) is 7.33. The molecule has 1 aromatic rings. The van der Waals surface area contributed by atoms with Gasteiger partial charge in [-0.2, -0.15) is 0 Å². The molecule has 1 saturated heterocycles. The van der Waals surface area contributed by atoms with Gasteiger partial charge in [-0.1, -0.05) is 17.7 Å². The molecule has 1 aromatic carbocycles. The molecule has 0 bridgehead atoms. The van der Waals surface area contributed by atoms with Gasteiger partial charge in [0.05, 0.1) is 5.02 Å². The monoisotopic (exact) mass is 357 g/mol. The van der Waals surface area contributed by atoms with Crippen molar-refractivity contribution in [3.05, 3.63) is 33.3 Å². The summed E-state index contributed by atoms with van der Waals surface area (Å²) in [5, 5.41) is 0.762. The highest BCUT2D eigenvalue weighted by atomic mass is 79.9. The maximum Gasteiger partial charge on any atom is 0.0551 e. The Labute approximate surface area is 134 Å². The molecule has 2 fully saturated rings. The standard InChI is InChI=1S/C15H21BrClN3/c16-13-4-1-11(9-14(13)17)15(10-18)20-7-5-19(6-8-20)12-2-3-12/h1,4,9,12,15H,2-3,5-8,10,18H2. The average molecular weight is 359 g/mol. The molecular weight excluding hydrogens is 338 g/mol. The van der Waals surface area contributed by atoms with Crippen molar-refractivity contribution in [1.29, 1.82) is 0 Å². The third-order valence-corrected chi connectivity index (χ3v) is 5.64. The highest BCUT2D eigenvalue weighted by Gasteiger charge is 2.32. The van der Waals surface area contributed by atoms with Crippen LogP contribution in [0.3, 0.4) is 0 Å². The maximum atomic E-state index is 6.21. The molecule has 0 radical (unpaired) electrons. The second-order valence-electron chi connectivity index (χ2n) is 5.73. The van der Waals surface area contributed by atoms with Crippen LogP contribution in [0.5, 0.6) is 0 Å². The number of nitrogens with zero attached hydrogens (tertiary/aromatic N) is 2. The molecule has 1 aliphatic heterocycles. The molecule has 1 atom stereocenters. The number of hydrogen-bond acceptors (Lipinski definition) is 3. The van der Waals surface area contributed by atoms with Crippen molar-refractivity contribution >= 4 is 27.5 Å². The summed E-state index contributed by atoms with van der Waals surface area (Å²) >= 11 is 9.66. The van der Waals surface area contributed by atoms with Crippen molar-refractivity contribution in [2.45, 2.75) is 24.9 Å². The molecular formula is C15H21BrClN3. The summed E-state index contributed by atoms with van der Waals surface area (Å²) < 4.78 is 0.942. The van der Waals surface area contributed by atoms with Gasteiger partial charge >= 0.3 is 0 Å². The minimum atomic E-state index is 0.280. The van der Waals surface area contributed by atoms with E-state index in [2.05, 4.69) is 31.8 Å². The first-order chi connectivity index (χ1) is 9.69. The van der Waals surface area contributed by atoms with Crippen LogP contribution in [-0.4, -0.2) is 48.6 Å². The Morgan fingerprint density at radius 2 is 1.95 bits per heavy atom. The van der Waals surface area contributed by atoms with Crippen LogP contribution in [0.1, 0.15) is 24.4 Å². The highest BCUT2D eigenvalue weighted by Crippen LogP contribution is 2.31. The third-order valence-electron chi connectivity index (χ3n) is 4.40. The van der Waals surface area contributed by atoms with Gasteiger partial charge in [0.1, 0.15) is 0 Å². The summed E-state index contributed by atoms with van der Waals surface area (Å²) in [6.07, 6.45) is 2.78. The summed E-state index contributed by atoms with van der Waals surface area (Å²) in [6.45, 7) is 5.19. The largest absolute Gasteiger partial charge is 0.329 e. The molecule has 1 saturated carbocycles. The lowest BCUT2D eigenvalue weighted by atomic mass is 10.0. The van der Waals surface area contributed by atoms with Crippen LogP contribution in [0.25, 0.3) is 0 Å². The molecule has 0 amide bonds. The lowest BCUT2D eigenvalue weighted by Crippen LogP contribution is -2.49. The van der Waals surface area contributed by atoms with Crippen molar-refractivity contribution in [3.63, 3.8) is 0 Å². The molecule has 20 heavy (non-hydrogen) atoms. The molecule has 3 nitrogen and oxygen atoms in total. The lowest BCUT2D eigenvalue weighted by molar-refractivity contribution is 0.0938. The van der Waals surface area contributed by atoms with Crippen molar-refractivity contribution in [2.75, 3.05) is 32.7 Å². The topological polar surface area (TPSA) is 32.5 Å². The molecule has 2 aliphatic rings. The Balaban J connectivity index is 1.68. The highest BCUT2D eigenvalue weighted by molar-refractivity contribution is 9.10. The second kappa shape index (κ2) is 6.32. The predicted molar refractivity (Wildman–Crippen MR) is 87.1 cm³/mol. The molecule has 3 rings (SSSR count). The first-order valence-corrected chi connectivity index (χ1v) is 8.49. The molecule has 1 unspecified atom stereocenters. The van der Waals surface area contributed by atoms with E-state index in [1.54, 1.807) is 0 Å². The van der Waals surface area contributed by atoms with E-state index in [-0.39, 0.29) is 6.04 Å². The Kier molecular flexibility index (Phi) is 4.68. The van der Waals surface area contributed by atoms with Crippen LogP contribution in [0.2, 0.25) is 5.02 Å². The van der Waals surface area contributed by atoms with Crippen molar-refractivity contribution in [3.8, 4) is 0 Å². The average Bonchev–Trinajstić information content (AvgIpc) is 3.29. The Hall–Kier alpha value is -0.130. The number of piperazine rings is 1. The Morgan fingerprint density at radius 1 is 1.25 bits per heavy atom. The van der Waals surface area contributed by atoms with Gasteiger partial charge < -0.3 is 5.73 Å². The van der Waals surface area contributed by atoms with E-state index in [1.165, 1.54) is 31.5 Å². The van der Waals surface area contributed by atoms with Crippen LogP contribution in [-0.2, 0) is 0 Å². The summed E-state index contributed by atoms with van der Waals surface area (Å²) in [4.78, 5) is 5.12. The number of halogens is 2. The third kappa shape index (κ3) is 3.20. The number of nitrogens with two attached hydrogens (primary N) is 1. The molecule has 0 spiro atoms. The quantitative estimate of drug-likeness (QED) is 0.898. The van der Waals surface area contributed by atoms with Gasteiger partial charge in [0.25, 0.3) is 0 Å². The van der Waals surface area contributed by atoms with E-state index in [4.69, 9.17) is 17.3 Å². The number of benzene rings is 1. The fourth-order valence-electron chi connectivity index (χ4n) is 3.07. The van der Waals surface area contributed by atoms with E-state index in [0.717, 1.165) is 28.6 Å². The van der Waals surface area contributed by atoms with Crippen LogP contribution < -0.4 is 5.73 Å². The first kappa shape index (κ1) is 14.8. The summed E-state index contributed by atoms with van der Waals surface area (Å²) in [5.41, 5.74) is 7.24. The molecule has 0 aromatic heterocycles. The van der Waals surface area contributed by atoms with E-state index >= 15 is 0 Å². The van der Waals surface area contributed by atoms with Gasteiger partial charge in [-0.05, 0) is 46.5 Å². The molecule has 1 heterocycles. The zero-order valence-electron chi connectivity index (χ0n) is 11.6. The minimum Gasteiger partial charge on any atom is -0.329 e. The van der Waals surface area contributed by atoms with Crippen molar-refractivity contribution in [2.24, 2.45) is 5.73 Å². The van der Waals surface area contributed by atoms with Gasteiger partial charge in [-0.25, -0.2) is 0 Å². The summed E-state index contributed by atoms with van der Waals surface area (Å²) in [7, 11) is 0. The van der Waals surface area contributed by atoms with Gasteiger partial charge in [0, 0.05) is 49.3 Å². The van der Waals surface area contributed by atoms with Gasteiger partial charge in [0.15, 0.2) is 0 Å². The Morgan fingerprint density at radius 3 is 2.50 bits per heavy atom. The molecule has 110 valence electrons. The first-order valence-electron chi connectivity index (χ1n) is 7.32. The minimum absolute atomic E-state index is 0.280. The van der Waals surface area contributed by atoms with E-state index in [9.17, 15) is 0 Å². The normalized spacial score (nSPS) is 22.9. The van der Waals surface area contributed by atoms with Gasteiger partial charge in [0.2, 0.25) is 0 Å². The molecule has 2 N–H and O–H groups in total. The SMILES string of the molecule is NCC(c1ccc(Br)c(Cl)c1)N1CCN(C2CC2)CC1. The Bertz CT molecular complexity index is 470. The lowest BCUT2D eigenvalue weighted by Gasteiger charge is -2.39. The van der Waals surface area contributed by atoms with Crippen LogP contribution >= 0.6 is 27.5 Å². The van der Waals surface area contributed by atoms with Crippen LogP contribution in [0, 0.1) is 0 Å². The molecule has 5 heteroatoms. The summed E-state index contributed by atoms with van der Waals surface area (Å²) in [5.74, 6) is 0. The van der Waals surface area contributed by atoms with E-state index in [0.29, 0.717) is 6.54 Å². The fourth-order valence-corrected chi connectivity index (χ4v) is 3.51. The van der Waals surface area contributed by atoms with Gasteiger partial charge in [-0.15, -0.1) is 0 Å². The van der Waals surface area contributed by atoms with Crippen LogP contribution in [0.4, 0.5) is 0 Å². The second-order valence-corrected chi connectivity index (χ2v) is 6.99. The fraction of sp³-hybridized carbons (Fsp3) is 0.600. The van der Waals surface area contributed by atoms with Crippen molar-refractivity contribution < 1.29 is 0 Å². The van der Waals surface area contributed by atoms with E-state index < -0.39 is 0 Å². The smallest absolute Gasteiger partial charge is 0.0551 e.